The third kappa shape index (κ3) is 3.32. The topological polar surface area (TPSA) is 9.23 Å². The average Bonchev–Trinajstić information content (AvgIpc) is 2.00. The van der Waals surface area contributed by atoms with E-state index in [0.717, 1.165) is 0 Å². The lowest BCUT2D eigenvalue weighted by Gasteiger charge is -2.45. The van der Waals surface area contributed by atoms with Crippen molar-refractivity contribution in [1.29, 1.82) is 0 Å². The Labute approximate surface area is 96.7 Å². The van der Waals surface area contributed by atoms with Crippen LogP contribution in [0, 0.1) is 0 Å². The van der Waals surface area contributed by atoms with E-state index in [2.05, 4.69) is 40.8 Å². The van der Waals surface area contributed by atoms with Crippen LogP contribution in [0.2, 0.25) is 18.1 Å². The molecule has 0 spiro atoms. The fourth-order valence-electron chi connectivity index (χ4n) is 2.17. The van der Waals surface area contributed by atoms with Gasteiger partial charge in [-0.15, -0.1) is 0 Å². The van der Waals surface area contributed by atoms with Gasteiger partial charge in [0.1, 0.15) is 0 Å². The van der Waals surface area contributed by atoms with Crippen molar-refractivity contribution in [2.24, 2.45) is 0 Å². The van der Waals surface area contributed by atoms with Crippen molar-refractivity contribution >= 4 is 8.32 Å². The van der Waals surface area contributed by atoms with Crippen molar-refractivity contribution in [3.8, 4) is 0 Å². The Hall–Kier alpha value is 0.177. The highest BCUT2D eigenvalue weighted by molar-refractivity contribution is 6.74. The molecule has 0 amide bonds. The number of rotatable bonds is 2. The fraction of sp³-hybridized carbons (Fsp3) is 1.00. The van der Waals surface area contributed by atoms with Crippen LogP contribution in [0.1, 0.15) is 59.8 Å². The second kappa shape index (κ2) is 4.21. The highest BCUT2D eigenvalue weighted by Gasteiger charge is 2.43. The molecule has 0 atom stereocenters. The SMILES string of the molecule is CC1(O[Si](C)(C)C(C)(C)C)CCCCC1. The van der Waals surface area contributed by atoms with Crippen LogP contribution in [0.5, 0.6) is 0 Å². The lowest BCUT2D eigenvalue weighted by atomic mass is 9.87. The van der Waals surface area contributed by atoms with Gasteiger partial charge >= 0.3 is 0 Å². The summed E-state index contributed by atoms with van der Waals surface area (Å²) in [4.78, 5) is 0. The largest absolute Gasteiger partial charge is 0.412 e. The standard InChI is InChI=1S/C13H28OSi/c1-12(2,3)15(5,6)14-13(4)10-8-7-9-11-13/h7-11H2,1-6H3. The van der Waals surface area contributed by atoms with E-state index in [1.165, 1.54) is 32.1 Å². The Kier molecular flexibility index (Phi) is 3.72. The molecule has 0 aliphatic heterocycles. The molecule has 2 heteroatoms. The van der Waals surface area contributed by atoms with Crippen LogP contribution in [0.4, 0.5) is 0 Å². The van der Waals surface area contributed by atoms with Crippen molar-refractivity contribution in [1.82, 2.24) is 0 Å². The van der Waals surface area contributed by atoms with Crippen LogP contribution in [0.3, 0.4) is 0 Å². The number of hydrogen-bond donors (Lipinski definition) is 0. The van der Waals surface area contributed by atoms with E-state index in [-0.39, 0.29) is 5.60 Å². The van der Waals surface area contributed by atoms with E-state index in [4.69, 9.17) is 4.43 Å². The molecule has 90 valence electrons. The van der Waals surface area contributed by atoms with Gasteiger partial charge in [-0.3, -0.25) is 0 Å². The second-order valence-corrected chi connectivity index (χ2v) is 11.6. The Balaban J connectivity index is 2.67. The van der Waals surface area contributed by atoms with Crippen LogP contribution in [0.15, 0.2) is 0 Å². The van der Waals surface area contributed by atoms with Crippen molar-refractivity contribution in [2.45, 2.75) is 83.5 Å². The van der Waals surface area contributed by atoms with Gasteiger partial charge in [-0.05, 0) is 37.9 Å². The zero-order valence-electron chi connectivity index (χ0n) is 11.4. The van der Waals surface area contributed by atoms with Gasteiger partial charge in [0.2, 0.25) is 0 Å². The maximum absolute atomic E-state index is 6.57. The molecular weight excluding hydrogens is 200 g/mol. The molecule has 1 nitrogen and oxygen atoms in total. The second-order valence-electron chi connectivity index (χ2n) is 6.87. The molecule has 1 fully saturated rings. The van der Waals surface area contributed by atoms with Crippen LogP contribution >= 0.6 is 0 Å². The maximum atomic E-state index is 6.57. The van der Waals surface area contributed by atoms with Gasteiger partial charge in [0.05, 0.1) is 5.60 Å². The minimum absolute atomic E-state index is 0.182. The van der Waals surface area contributed by atoms with Crippen molar-refractivity contribution in [3.05, 3.63) is 0 Å². The van der Waals surface area contributed by atoms with Crippen LogP contribution in [-0.4, -0.2) is 13.9 Å². The van der Waals surface area contributed by atoms with Crippen molar-refractivity contribution in [2.75, 3.05) is 0 Å². The summed E-state index contributed by atoms with van der Waals surface area (Å²) in [6.07, 6.45) is 6.63. The predicted octanol–water partition coefficient (Wildman–Crippen LogP) is 4.73. The van der Waals surface area contributed by atoms with E-state index in [1.807, 2.05) is 0 Å². The van der Waals surface area contributed by atoms with Crippen LogP contribution < -0.4 is 0 Å². The molecule has 0 radical (unpaired) electrons. The maximum Gasteiger partial charge on any atom is 0.192 e. The Morgan fingerprint density at radius 2 is 1.47 bits per heavy atom. The quantitative estimate of drug-likeness (QED) is 0.621. The van der Waals surface area contributed by atoms with Gasteiger partial charge < -0.3 is 4.43 Å². The minimum atomic E-state index is -1.56. The zero-order chi connectivity index (χ0) is 11.7. The predicted molar refractivity (Wildman–Crippen MR) is 69.8 cm³/mol. The molecule has 0 N–H and O–H groups in total. The molecule has 0 aromatic rings. The number of hydrogen-bond acceptors (Lipinski definition) is 1. The summed E-state index contributed by atoms with van der Waals surface area (Å²) < 4.78 is 6.57. The molecule has 0 aromatic carbocycles. The molecule has 15 heavy (non-hydrogen) atoms. The average molecular weight is 228 g/mol. The van der Waals surface area contributed by atoms with Crippen LogP contribution in [-0.2, 0) is 4.43 Å². The van der Waals surface area contributed by atoms with E-state index in [1.54, 1.807) is 0 Å². The smallest absolute Gasteiger partial charge is 0.192 e. The van der Waals surface area contributed by atoms with E-state index < -0.39 is 8.32 Å². The lowest BCUT2D eigenvalue weighted by molar-refractivity contribution is 0.0345. The molecular formula is C13H28OSi. The molecule has 0 unspecified atom stereocenters. The summed E-state index contributed by atoms with van der Waals surface area (Å²) in [5, 5.41) is 0.341. The van der Waals surface area contributed by atoms with E-state index >= 15 is 0 Å². The van der Waals surface area contributed by atoms with Gasteiger partial charge in [-0.1, -0.05) is 40.0 Å². The van der Waals surface area contributed by atoms with Gasteiger partial charge in [0, 0.05) is 0 Å². The van der Waals surface area contributed by atoms with E-state index in [0.29, 0.717) is 5.04 Å². The Morgan fingerprint density at radius 3 is 1.87 bits per heavy atom. The molecule has 1 aliphatic carbocycles. The summed E-state index contributed by atoms with van der Waals surface area (Å²) in [5.74, 6) is 0. The zero-order valence-corrected chi connectivity index (χ0v) is 12.4. The first-order valence-corrected chi connectivity index (χ1v) is 9.27. The van der Waals surface area contributed by atoms with Crippen molar-refractivity contribution in [3.63, 3.8) is 0 Å². The highest BCUT2D eigenvalue weighted by atomic mass is 28.4. The normalized spacial score (nSPS) is 22.8. The van der Waals surface area contributed by atoms with Crippen LogP contribution in [0.25, 0.3) is 0 Å². The first kappa shape index (κ1) is 13.2. The van der Waals surface area contributed by atoms with E-state index in [9.17, 15) is 0 Å². The van der Waals surface area contributed by atoms with Gasteiger partial charge in [-0.2, -0.15) is 0 Å². The Bertz CT molecular complexity index is 209. The van der Waals surface area contributed by atoms with Gasteiger partial charge in [0.15, 0.2) is 8.32 Å². The molecule has 1 aliphatic rings. The van der Waals surface area contributed by atoms with Crippen molar-refractivity contribution < 1.29 is 4.43 Å². The highest BCUT2D eigenvalue weighted by Crippen LogP contribution is 2.42. The lowest BCUT2D eigenvalue weighted by Crippen LogP contribution is -2.49. The molecule has 1 rings (SSSR count). The van der Waals surface area contributed by atoms with Gasteiger partial charge in [0.25, 0.3) is 0 Å². The Morgan fingerprint density at radius 1 is 1.00 bits per heavy atom. The summed E-state index contributed by atoms with van der Waals surface area (Å²) in [6, 6.07) is 0. The summed E-state index contributed by atoms with van der Waals surface area (Å²) >= 11 is 0. The fourth-order valence-corrected chi connectivity index (χ4v) is 3.91. The summed E-state index contributed by atoms with van der Waals surface area (Å²) in [7, 11) is -1.56. The molecule has 0 aromatic heterocycles. The minimum Gasteiger partial charge on any atom is -0.412 e. The third-order valence-electron chi connectivity index (χ3n) is 4.22. The third-order valence-corrected chi connectivity index (χ3v) is 8.83. The monoisotopic (exact) mass is 228 g/mol. The molecule has 1 saturated carbocycles. The first-order chi connectivity index (χ1) is 6.66. The molecule has 0 heterocycles. The first-order valence-electron chi connectivity index (χ1n) is 6.37. The molecule has 0 bridgehead atoms. The summed E-state index contributed by atoms with van der Waals surface area (Å²) in [6.45, 7) is 14.0. The summed E-state index contributed by atoms with van der Waals surface area (Å²) in [5.41, 5.74) is 0.182. The molecule has 0 saturated heterocycles. The van der Waals surface area contributed by atoms with Gasteiger partial charge in [-0.25, -0.2) is 0 Å².